The van der Waals surface area contributed by atoms with Gasteiger partial charge >= 0.3 is 0 Å². The van der Waals surface area contributed by atoms with E-state index >= 15 is 0 Å². The third-order valence-corrected chi connectivity index (χ3v) is 3.29. The Morgan fingerprint density at radius 2 is 1.95 bits per heavy atom. The normalized spacial score (nSPS) is 12.2. The van der Waals surface area contributed by atoms with Crippen LogP contribution in [0.1, 0.15) is 32.3 Å². The lowest BCUT2D eigenvalue weighted by Gasteiger charge is -2.16. The highest BCUT2D eigenvalue weighted by Gasteiger charge is 2.14. The molecule has 0 heterocycles. The van der Waals surface area contributed by atoms with Crippen molar-refractivity contribution in [2.75, 3.05) is 33.4 Å². The predicted molar refractivity (Wildman–Crippen MR) is 88.4 cm³/mol. The molecule has 1 unspecified atom stereocenters. The number of benzene rings is 1. The van der Waals surface area contributed by atoms with E-state index in [2.05, 4.69) is 30.5 Å². The fourth-order valence-electron chi connectivity index (χ4n) is 1.92. The Balaban J connectivity index is 2.33. The summed E-state index contributed by atoms with van der Waals surface area (Å²) in [7, 11) is 1.66. The fraction of sp³-hybridized carbons (Fsp3) is 0.588. The zero-order valence-electron chi connectivity index (χ0n) is 14.0. The van der Waals surface area contributed by atoms with E-state index in [4.69, 9.17) is 9.47 Å². The number of methoxy groups -OCH3 is 1. The molecule has 0 fully saturated rings. The molecule has 0 spiro atoms. The molecule has 1 atom stereocenters. The number of amides is 1. The summed E-state index contributed by atoms with van der Waals surface area (Å²) in [4.78, 5) is 12.0. The minimum absolute atomic E-state index is 0.108. The van der Waals surface area contributed by atoms with Crippen LogP contribution in [0.15, 0.2) is 24.3 Å². The summed E-state index contributed by atoms with van der Waals surface area (Å²) in [5.74, 6) is 1.06. The molecule has 0 bridgehead atoms. The van der Waals surface area contributed by atoms with Gasteiger partial charge < -0.3 is 20.1 Å². The maximum Gasteiger partial charge on any atom is 0.260 e. The first-order chi connectivity index (χ1) is 10.5. The Kier molecular flexibility index (Phi) is 8.55. The molecular formula is C17H28N2O3. The lowest BCUT2D eigenvalue weighted by atomic mass is 10.0. The predicted octanol–water partition coefficient (Wildman–Crippen LogP) is 1.93. The summed E-state index contributed by atoms with van der Waals surface area (Å²) < 4.78 is 10.6. The van der Waals surface area contributed by atoms with Crippen LogP contribution in [0.2, 0.25) is 0 Å². The highest BCUT2D eigenvalue weighted by atomic mass is 16.5. The van der Waals surface area contributed by atoms with Crippen LogP contribution >= 0.6 is 0 Å². The smallest absolute Gasteiger partial charge is 0.260 e. The Morgan fingerprint density at radius 1 is 1.18 bits per heavy atom. The second-order valence-corrected chi connectivity index (χ2v) is 5.52. The van der Waals surface area contributed by atoms with Gasteiger partial charge in [-0.2, -0.15) is 0 Å². The van der Waals surface area contributed by atoms with Crippen LogP contribution in [0, 0.1) is 0 Å². The summed E-state index contributed by atoms with van der Waals surface area (Å²) >= 11 is 0. The lowest BCUT2D eigenvalue weighted by Crippen LogP contribution is -2.40. The molecule has 0 radical (unpaired) electrons. The minimum atomic E-state index is -0.513. The van der Waals surface area contributed by atoms with Crippen molar-refractivity contribution >= 4 is 5.91 Å². The van der Waals surface area contributed by atoms with E-state index in [1.54, 1.807) is 14.0 Å². The summed E-state index contributed by atoms with van der Waals surface area (Å²) in [6.07, 6.45) is -0.513. The maximum atomic E-state index is 12.0. The van der Waals surface area contributed by atoms with Gasteiger partial charge in [-0.25, -0.2) is 0 Å². The second-order valence-electron chi connectivity index (χ2n) is 5.52. The van der Waals surface area contributed by atoms with Crippen LogP contribution in [0.3, 0.4) is 0 Å². The summed E-state index contributed by atoms with van der Waals surface area (Å²) in [6.45, 7) is 8.75. The highest BCUT2D eigenvalue weighted by Crippen LogP contribution is 2.20. The van der Waals surface area contributed by atoms with E-state index in [0.717, 1.165) is 12.3 Å². The quantitative estimate of drug-likeness (QED) is 0.649. The largest absolute Gasteiger partial charge is 0.481 e. The molecule has 0 aliphatic rings. The van der Waals surface area contributed by atoms with Crippen molar-refractivity contribution in [1.82, 2.24) is 10.6 Å². The summed E-state index contributed by atoms with van der Waals surface area (Å²) in [5.41, 5.74) is 1.20. The van der Waals surface area contributed by atoms with Gasteiger partial charge in [-0.3, -0.25) is 4.79 Å². The van der Waals surface area contributed by atoms with Crippen molar-refractivity contribution in [3.63, 3.8) is 0 Å². The van der Waals surface area contributed by atoms with Gasteiger partial charge in [0, 0.05) is 26.7 Å². The van der Waals surface area contributed by atoms with Crippen molar-refractivity contribution in [1.29, 1.82) is 0 Å². The Hall–Kier alpha value is -1.59. The first kappa shape index (κ1) is 18.5. The van der Waals surface area contributed by atoms with Gasteiger partial charge in [0.1, 0.15) is 5.75 Å². The topological polar surface area (TPSA) is 59.6 Å². The van der Waals surface area contributed by atoms with E-state index in [1.165, 1.54) is 5.56 Å². The van der Waals surface area contributed by atoms with E-state index < -0.39 is 6.10 Å². The molecule has 22 heavy (non-hydrogen) atoms. The van der Waals surface area contributed by atoms with E-state index in [1.807, 2.05) is 18.2 Å². The van der Waals surface area contributed by atoms with E-state index in [0.29, 0.717) is 25.6 Å². The third-order valence-electron chi connectivity index (χ3n) is 3.29. The van der Waals surface area contributed by atoms with Crippen LogP contribution in [0.4, 0.5) is 0 Å². The zero-order chi connectivity index (χ0) is 16.4. The van der Waals surface area contributed by atoms with Crippen molar-refractivity contribution in [2.24, 2.45) is 0 Å². The second kappa shape index (κ2) is 10.2. The average Bonchev–Trinajstić information content (AvgIpc) is 2.50. The van der Waals surface area contributed by atoms with Crippen molar-refractivity contribution < 1.29 is 14.3 Å². The molecule has 5 heteroatoms. The standard InChI is InChI=1S/C17H28N2O3/c1-13(2)15-6-5-7-16(12-15)22-14(3)17(20)19-9-8-18-10-11-21-4/h5-7,12-14,18H,8-11H2,1-4H3,(H,19,20). The number of carbonyl (C=O) groups excluding carboxylic acids is 1. The van der Waals surface area contributed by atoms with Crippen LogP contribution in [-0.2, 0) is 9.53 Å². The van der Waals surface area contributed by atoms with Crippen LogP contribution in [0.25, 0.3) is 0 Å². The number of carbonyl (C=O) groups is 1. The Bertz CT molecular complexity index is 449. The van der Waals surface area contributed by atoms with Crippen molar-refractivity contribution in [3.8, 4) is 5.75 Å². The number of nitrogens with one attached hydrogen (secondary N) is 2. The molecule has 0 aliphatic carbocycles. The third kappa shape index (κ3) is 6.91. The fourth-order valence-corrected chi connectivity index (χ4v) is 1.92. The monoisotopic (exact) mass is 308 g/mol. The molecule has 0 saturated heterocycles. The van der Waals surface area contributed by atoms with Gasteiger partial charge in [0.15, 0.2) is 6.10 Å². The van der Waals surface area contributed by atoms with Crippen LogP contribution in [0.5, 0.6) is 5.75 Å². The van der Waals surface area contributed by atoms with Crippen molar-refractivity contribution in [2.45, 2.75) is 32.8 Å². The SMILES string of the molecule is COCCNCCNC(=O)C(C)Oc1cccc(C(C)C)c1. The van der Waals surface area contributed by atoms with Gasteiger partial charge in [0.25, 0.3) is 5.91 Å². The molecule has 5 nitrogen and oxygen atoms in total. The van der Waals surface area contributed by atoms with E-state index in [-0.39, 0.29) is 5.91 Å². The first-order valence-corrected chi connectivity index (χ1v) is 7.78. The molecule has 1 rings (SSSR count). The molecule has 1 aromatic rings. The van der Waals surface area contributed by atoms with Gasteiger partial charge in [0.05, 0.1) is 6.61 Å². The molecular weight excluding hydrogens is 280 g/mol. The molecule has 1 amide bonds. The molecule has 0 saturated carbocycles. The number of rotatable bonds is 10. The molecule has 2 N–H and O–H groups in total. The van der Waals surface area contributed by atoms with Crippen molar-refractivity contribution in [3.05, 3.63) is 29.8 Å². The Morgan fingerprint density at radius 3 is 2.64 bits per heavy atom. The summed E-state index contributed by atoms with van der Waals surface area (Å²) in [5, 5.41) is 6.02. The van der Waals surface area contributed by atoms with Gasteiger partial charge in [0.2, 0.25) is 0 Å². The van der Waals surface area contributed by atoms with Crippen LogP contribution < -0.4 is 15.4 Å². The first-order valence-electron chi connectivity index (χ1n) is 7.78. The average molecular weight is 308 g/mol. The number of ether oxygens (including phenoxy) is 2. The molecule has 0 aliphatic heterocycles. The minimum Gasteiger partial charge on any atom is -0.481 e. The number of hydrogen-bond acceptors (Lipinski definition) is 4. The van der Waals surface area contributed by atoms with Crippen LogP contribution in [-0.4, -0.2) is 45.4 Å². The van der Waals surface area contributed by atoms with E-state index in [9.17, 15) is 4.79 Å². The zero-order valence-corrected chi connectivity index (χ0v) is 14.0. The highest BCUT2D eigenvalue weighted by molar-refractivity contribution is 5.80. The number of hydrogen-bond donors (Lipinski definition) is 2. The Labute approximate surface area is 133 Å². The van der Waals surface area contributed by atoms with Gasteiger partial charge in [-0.1, -0.05) is 26.0 Å². The van der Waals surface area contributed by atoms with Gasteiger partial charge in [-0.15, -0.1) is 0 Å². The summed E-state index contributed by atoms with van der Waals surface area (Å²) in [6, 6.07) is 7.88. The molecule has 124 valence electrons. The lowest BCUT2D eigenvalue weighted by molar-refractivity contribution is -0.127. The molecule has 1 aromatic carbocycles. The molecule has 0 aromatic heterocycles. The maximum absolute atomic E-state index is 12.0. The van der Waals surface area contributed by atoms with Gasteiger partial charge in [-0.05, 0) is 30.5 Å².